The van der Waals surface area contributed by atoms with Gasteiger partial charge in [0.2, 0.25) is 0 Å². The number of carboxylic acids is 8. The fourth-order valence-corrected chi connectivity index (χ4v) is 4.41. The molecule has 64 heavy (non-hydrogen) atoms. The molecule has 0 aromatic rings. The molecule has 0 aliphatic heterocycles. The third-order valence-corrected chi connectivity index (χ3v) is 5.83. The molecular weight excluding hydrogens is 1090 g/mol. The summed E-state index contributed by atoms with van der Waals surface area (Å²) in [7, 11) is -10.4. The summed E-state index contributed by atoms with van der Waals surface area (Å²) < 4.78 is 97.7. The molecule has 0 saturated heterocycles. The molecule has 42 heteroatoms. The van der Waals surface area contributed by atoms with Crippen molar-refractivity contribution in [1.29, 1.82) is 0 Å². The van der Waals surface area contributed by atoms with E-state index in [1.165, 1.54) is 0 Å². The van der Waals surface area contributed by atoms with Crippen LogP contribution in [-0.2, 0) is 111 Å². The number of hydrogen-bond donors (Lipinski definition) is 14. The Kier molecular flexibility index (Phi) is 67.7. The zero-order valence-electron chi connectivity index (χ0n) is 30.6. The molecule has 0 fully saturated rings. The van der Waals surface area contributed by atoms with Gasteiger partial charge in [-0.15, -0.1) is 0 Å². The van der Waals surface area contributed by atoms with Crippen molar-refractivity contribution < 1.29 is 175 Å². The molecule has 0 heterocycles. The number of carboxylic acid groups (broad SMARTS) is 8. The van der Waals surface area contributed by atoms with Gasteiger partial charge in [-0.1, -0.05) is 0 Å². The van der Waals surface area contributed by atoms with Crippen LogP contribution in [0.2, 0.25) is 0 Å². The first-order valence-corrected chi connectivity index (χ1v) is 18.1. The molecular formula is C22H42Fe2N4Na2O30S4. The third kappa shape index (κ3) is 66.9. The quantitative estimate of drug-likeness (QED) is 0.0166. The normalized spacial score (nSPS) is 10.8. The Morgan fingerprint density at radius 3 is 0.672 bits per heavy atom. The van der Waals surface area contributed by atoms with Crippen molar-refractivity contribution in [3.63, 3.8) is 0 Å². The van der Waals surface area contributed by atoms with E-state index in [1.54, 1.807) is 0 Å². The van der Waals surface area contributed by atoms with Crippen LogP contribution in [0.15, 0.2) is 0 Å². The van der Waals surface area contributed by atoms with Gasteiger partial charge in [-0.05, 0) is 0 Å². The van der Waals surface area contributed by atoms with Gasteiger partial charge in [-0.3, -0.25) is 67.1 Å². The van der Waals surface area contributed by atoms with Gasteiger partial charge in [0, 0.05) is 47.2 Å². The monoisotopic (exact) mass is 1130 g/mol. The molecule has 372 valence electrons. The second-order valence-corrected chi connectivity index (χ2v) is 11.8. The van der Waals surface area contributed by atoms with Crippen molar-refractivity contribution in [3.05, 3.63) is 0 Å². The number of hydrogen-bond acceptors (Lipinski definition) is 26. The van der Waals surface area contributed by atoms with E-state index in [-0.39, 0.29) is 118 Å². The summed E-state index contributed by atoms with van der Waals surface area (Å²) in [4.78, 5) is 104. The Labute approximate surface area is 435 Å². The van der Waals surface area contributed by atoms with Gasteiger partial charge >= 0.3 is 128 Å². The average Bonchev–Trinajstić information content (AvgIpc) is 3.03. The van der Waals surface area contributed by atoms with Crippen molar-refractivity contribution in [1.82, 2.24) is 19.6 Å². The predicted octanol–water partition coefficient (Wildman–Crippen LogP) is -6.19. The van der Waals surface area contributed by atoms with Gasteiger partial charge in [-0.25, -0.2) is 8.37 Å². The third-order valence-electron chi connectivity index (χ3n) is 4.90. The van der Waals surface area contributed by atoms with Crippen LogP contribution in [0.4, 0.5) is 0 Å². The number of aliphatic carboxylic acids is 8. The maximum atomic E-state index is 10.9. The first kappa shape index (κ1) is 85.5. The van der Waals surface area contributed by atoms with Gasteiger partial charge < -0.3 is 68.7 Å². The molecule has 0 aliphatic carbocycles. The van der Waals surface area contributed by atoms with Crippen molar-refractivity contribution in [2.45, 2.75) is 12.5 Å². The minimum atomic E-state index is -5.19. The fourth-order valence-electron chi connectivity index (χ4n) is 3.49. The molecule has 34 nitrogen and oxygen atoms in total. The topological polar surface area (TPSA) is 554 Å². The molecule has 0 aromatic heterocycles. The molecule has 14 N–H and O–H groups in total. The number of rotatable bonds is 26. The van der Waals surface area contributed by atoms with Crippen molar-refractivity contribution in [3.8, 4) is 0 Å². The van der Waals surface area contributed by atoms with Crippen LogP contribution < -0.4 is 0 Å². The predicted molar refractivity (Wildman–Crippen MR) is 204 cm³/mol. The molecule has 0 amide bonds. The summed E-state index contributed by atoms with van der Waals surface area (Å²) in [5, 5.41) is 70.0. The van der Waals surface area contributed by atoms with Gasteiger partial charge in [0.1, 0.15) is 26.0 Å². The van der Waals surface area contributed by atoms with Gasteiger partial charge in [0.25, 0.3) is 0 Å². The maximum absolute atomic E-state index is 10.9. The molecule has 0 bridgehead atoms. The van der Waals surface area contributed by atoms with Crippen LogP contribution in [-0.4, -0.2) is 303 Å². The van der Waals surface area contributed by atoms with Crippen molar-refractivity contribution in [2.24, 2.45) is 0 Å². The first-order chi connectivity index (χ1) is 27.4. The van der Waals surface area contributed by atoms with Gasteiger partial charge in [0.15, 0.2) is 24.6 Å². The molecule has 0 aromatic carbocycles. The van der Waals surface area contributed by atoms with E-state index >= 15 is 0 Å². The SMILES string of the molecule is C=O.C=O.O=C(O)CN(CC(=O)O)CC(OS(=O)(=O)O)N(CC(=O)O)CC(=O)O.O=C(O)CN(CC(=O)O)CC(OS(=O)(=O)O)N(CC(=O)O)CC(=O)O.OSO.OSO.[Fe].[Fe].[NaH].[NaH]. The van der Waals surface area contributed by atoms with Crippen LogP contribution in [0, 0.1) is 0 Å². The molecule has 0 spiro atoms. The second kappa shape index (κ2) is 50.7. The standard InChI is InChI=1S/2C10H16N2O12S.2CH2O.2Fe.2Na.2H2O2S.2H/c2*13-7(14)2-11(3-8(15)16)1-6(24-25(21,22)23)12(4-9(17)18)5-10(19)20;2*1-2;;;;;2*1-3-2;;/h2*6H,1-5H2,(H,13,14)(H,15,16)(H,17,18)(H,19,20)(H,21,22,23);2*1H2;;;;;2*1-2H;;. The first-order valence-electron chi connectivity index (χ1n) is 13.9. The Morgan fingerprint density at radius 1 is 0.422 bits per heavy atom. The summed E-state index contributed by atoms with van der Waals surface area (Å²) in [6.07, 6.45) is -3.94. The van der Waals surface area contributed by atoms with Crippen LogP contribution >= 0.6 is 24.6 Å². The van der Waals surface area contributed by atoms with Crippen LogP contribution in [0.5, 0.6) is 0 Å². The van der Waals surface area contributed by atoms with E-state index in [4.69, 9.17) is 77.8 Å². The van der Waals surface area contributed by atoms with Gasteiger partial charge in [0.05, 0.1) is 52.4 Å². The Balaban J connectivity index is -0.0000000897. The molecule has 0 saturated carbocycles. The second-order valence-electron chi connectivity index (χ2n) is 9.42. The van der Waals surface area contributed by atoms with Crippen LogP contribution in [0.25, 0.3) is 0 Å². The zero-order valence-corrected chi connectivity index (χ0v) is 36.0. The zero-order chi connectivity index (χ0) is 49.0. The summed E-state index contributed by atoms with van der Waals surface area (Å²) in [6, 6.07) is 0. The molecule has 0 rings (SSSR count). The minimum absolute atomic E-state index is 0. The average molecular weight is 1130 g/mol. The van der Waals surface area contributed by atoms with Crippen molar-refractivity contribution in [2.75, 3.05) is 65.4 Å². The van der Waals surface area contributed by atoms with Crippen LogP contribution in [0.3, 0.4) is 0 Å². The van der Waals surface area contributed by atoms with Crippen LogP contribution in [0.1, 0.15) is 0 Å². The van der Waals surface area contributed by atoms with E-state index in [2.05, 4.69) is 8.37 Å². The Hall–Kier alpha value is -1.74. The molecule has 0 aliphatic rings. The number of carbonyl (C=O) groups is 10. The van der Waals surface area contributed by atoms with Gasteiger partial charge in [-0.2, -0.15) is 16.8 Å². The van der Waals surface area contributed by atoms with Crippen molar-refractivity contribution >= 4 is 166 Å². The van der Waals surface area contributed by atoms with E-state index in [0.717, 1.165) is 0 Å². The number of nitrogens with zero attached hydrogens (tertiary/aromatic N) is 4. The summed E-state index contributed by atoms with van der Waals surface area (Å²) in [6.45, 7) is -5.42. The van der Waals surface area contributed by atoms with E-state index < -0.39 is 146 Å². The number of carbonyl (C=O) groups excluding carboxylic acids is 2. The van der Waals surface area contributed by atoms with E-state index in [1.807, 2.05) is 13.6 Å². The summed E-state index contributed by atoms with van der Waals surface area (Å²) in [5.41, 5.74) is 0. The fraction of sp³-hybridized carbons (Fsp3) is 0.545. The van der Waals surface area contributed by atoms with E-state index in [9.17, 15) is 55.2 Å². The molecule has 2 unspecified atom stereocenters. The van der Waals surface area contributed by atoms with E-state index in [0.29, 0.717) is 19.6 Å². The molecule has 2 atom stereocenters. The summed E-state index contributed by atoms with van der Waals surface area (Å²) in [5.74, 6) is -12.3. The summed E-state index contributed by atoms with van der Waals surface area (Å²) >= 11 is -0.500. The Morgan fingerprint density at radius 2 is 0.562 bits per heavy atom. The Bertz CT molecular complexity index is 1380. The molecule has 0 radical (unpaired) electrons.